The molecular weight excluding hydrogens is 284 g/mol. The Labute approximate surface area is 116 Å². The molecule has 1 atom stereocenters. The molecule has 2 N–H and O–H groups in total. The second-order valence-electron chi connectivity index (χ2n) is 4.07. The summed E-state index contributed by atoms with van der Waals surface area (Å²) in [6.45, 7) is 0.731. The fourth-order valence-electron chi connectivity index (χ4n) is 1.38. The van der Waals surface area contributed by atoms with Crippen LogP contribution in [0, 0.1) is 0 Å². The van der Waals surface area contributed by atoms with Crippen LogP contribution in [-0.4, -0.2) is 38.5 Å². The monoisotopic (exact) mass is 298 g/mol. The van der Waals surface area contributed by atoms with E-state index in [1.165, 1.54) is 0 Å². The summed E-state index contributed by atoms with van der Waals surface area (Å²) in [5.41, 5.74) is 0. The van der Waals surface area contributed by atoms with Crippen LogP contribution in [0.2, 0.25) is 15.1 Å². The summed E-state index contributed by atoms with van der Waals surface area (Å²) in [4.78, 5) is 1.13. The predicted octanol–water partition coefficient (Wildman–Crippen LogP) is 1.53. The second-order valence-corrected chi connectivity index (χ2v) is 5.33. The maximum atomic E-state index is 9.66. The highest BCUT2D eigenvalue weighted by Crippen LogP contribution is 2.35. The molecule has 1 aromatic carbocycles. The van der Waals surface area contributed by atoms with E-state index in [4.69, 9.17) is 39.5 Å². The summed E-state index contributed by atoms with van der Waals surface area (Å²) >= 11 is 17.7. The molecule has 0 amide bonds. The number of rotatable bonds is 5. The van der Waals surface area contributed by atoms with Gasteiger partial charge in [-0.2, -0.15) is 0 Å². The van der Waals surface area contributed by atoms with E-state index < -0.39 is 6.10 Å². The number of nitrogens with one attached hydrogen (secondary N) is 1. The zero-order chi connectivity index (χ0) is 13.0. The van der Waals surface area contributed by atoms with Crippen LogP contribution < -0.4 is 9.64 Å². The fraction of sp³-hybridized carbons (Fsp3) is 0.455. The van der Waals surface area contributed by atoms with Crippen LogP contribution in [0.5, 0.6) is 5.75 Å². The van der Waals surface area contributed by atoms with Crippen molar-refractivity contribution < 1.29 is 14.7 Å². The van der Waals surface area contributed by atoms with Gasteiger partial charge in [0.1, 0.15) is 19.3 Å². The highest BCUT2D eigenvalue weighted by molar-refractivity contribution is 6.40. The Morgan fingerprint density at radius 2 is 1.76 bits per heavy atom. The average Bonchev–Trinajstić information content (AvgIpc) is 2.14. The first kappa shape index (κ1) is 14.9. The van der Waals surface area contributed by atoms with E-state index in [0.717, 1.165) is 4.90 Å². The van der Waals surface area contributed by atoms with E-state index in [-0.39, 0.29) is 6.61 Å². The van der Waals surface area contributed by atoms with Crippen molar-refractivity contribution in [3.05, 3.63) is 27.2 Å². The Balaban J connectivity index is 2.63. The first-order chi connectivity index (χ1) is 7.90. The standard InChI is InChI=1S/C11H14Cl3NO2/c1-15(2)5-8(16)6-17-11-9(13)3-7(12)4-10(11)14/h3-4,8,16H,5-6H2,1-2H3/p+1/t8-/m0/s1. The molecule has 0 aliphatic carbocycles. The number of aliphatic hydroxyl groups is 1. The van der Waals surface area contributed by atoms with Crippen molar-refractivity contribution in [1.29, 1.82) is 0 Å². The van der Waals surface area contributed by atoms with Gasteiger partial charge in [-0.25, -0.2) is 0 Å². The molecule has 0 aliphatic rings. The van der Waals surface area contributed by atoms with Gasteiger partial charge in [0.2, 0.25) is 0 Å². The van der Waals surface area contributed by atoms with Crippen molar-refractivity contribution in [1.82, 2.24) is 0 Å². The minimum Gasteiger partial charge on any atom is -0.488 e. The summed E-state index contributed by atoms with van der Waals surface area (Å²) in [5.74, 6) is 0.352. The topological polar surface area (TPSA) is 33.9 Å². The summed E-state index contributed by atoms with van der Waals surface area (Å²) < 4.78 is 5.40. The fourth-order valence-corrected chi connectivity index (χ4v) is 2.30. The van der Waals surface area contributed by atoms with Gasteiger partial charge in [-0.1, -0.05) is 34.8 Å². The number of aliphatic hydroxyl groups excluding tert-OH is 1. The van der Waals surface area contributed by atoms with Gasteiger partial charge < -0.3 is 14.7 Å². The summed E-state index contributed by atoms with van der Waals surface area (Å²) in [7, 11) is 3.90. The first-order valence-electron chi connectivity index (χ1n) is 5.14. The maximum absolute atomic E-state index is 9.66. The molecule has 17 heavy (non-hydrogen) atoms. The van der Waals surface area contributed by atoms with E-state index in [1.54, 1.807) is 12.1 Å². The molecule has 0 saturated heterocycles. The molecule has 0 saturated carbocycles. The van der Waals surface area contributed by atoms with Crippen molar-refractivity contribution in [2.75, 3.05) is 27.2 Å². The van der Waals surface area contributed by atoms with Gasteiger partial charge in [0.15, 0.2) is 5.75 Å². The molecule has 96 valence electrons. The van der Waals surface area contributed by atoms with Crippen molar-refractivity contribution in [3.63, 3.8) is 0 Å². The van der Waals surface area contributed by atoms with Gasteiger partial charge in [0.25, 0.3) is 0 Å². The number of halogens is 3. The largest absolute Gasteiger partial charge is 0.488 e. The Morgan fingerprint density at radius 3 is 2.24 bits per heavy atom. The van der Waals surface area contributed by atoms with Crippen LogP contribution >= 0.6 is 34.8 Å². The second kappa shape index (κ2) is 6.66. The highest BCUT2D eigenvalue weighted by Gasteiger charge is 2.13. The molecule has 0 spiro atoms. The van der Waals surface area contributed by atoms with Gasteiger partial charge in [0, 0.05) is 5.02 Å². The highest BCUT2D eigenvalue weighted by atomic mass is 35.5. The smallest absolute Gasteiger partial charge is 0.156 e. The normalized spacial score (nSPS) is 12.9. The third-order valence-corrected chi connectivity index (χ3v) is 2.81. The maximum Gasteiger partial charge on any atom is 0.156 e. The number of likely N-dealkylation sites (N-methyl/N-ethyl adjacent to an activating group) is 1. The quantitative estimate of drug-likeness (QED) is 0.865. The lowest BCUT2D eigenvalue weighted by Gasteiger charge is -2.16. The molecule has 0 fully saturated rings. The number of ether oxygens (including phenoxy) is 1. The molecule has 0 unspecified atom stereocenters. The van der Waals surface area contributed by atoms with E-state index >= 15 is 0 Å². The molecule has 1 aromatic rings. The summed E-state index contributed by atoms with van der Waals surface area (Å²) in [5, 5.41) is 10.8. The van der Waals surface area contributed by atoms with Crippen LogP contribution in [0.15, 0.2) is 12.1 Å². The Morgan fingerprint density at radius 1 is 1.24 bits per heavy atom. The third-order valence-electron chi connectivity index (χ3n) is 2.03. The Hall–Kier alpha value is -0.190. The van der Waals surface area contributed by atoms with Crippen molar-refractivity contribution in [2.24, 2.45) is 0 Å². The van der Waals surface area contributed by atoms with Crippen molar-refractivity contribution in [2.45, 2.75) is 6.10 Å². The summed E-state index contributed by atoms with van der Waals surface area (Å²) in [6.07, 6.45) is -0.567. The molecule has 6 heteroatoms. The van der Waals surface area contributed by atoms with Crippen LogP contribution in [0.25, 0.3) is 0 Å². The number of quaternary nitrogens is 1. The van der Waals surface area contributed by atoms with Crippen molar-refractivity contribution >= 4 is 34.8 Å². The molecule has 3 nitrogen and oxygen atoms in total. The molecule has 0 radical (unpaired) electrons. The van der Waals surface area contributed by atoms with Crippen LogP contribution in [-0.2, 0) is 0 Å². The van der Waals surface area contributed by atoms with E-state index in [9.17, 15) is 5.11 Å². The van der Waals surface area contributed by atoms with Gasteiger partial charge in [-0.3, -0.25) is 0 Å². The number of benzene rings is 1. The molecule has 0 aromatic heterocycles. The Kier molecular flexibility index (Phi) is 5.83. The van der Waals surface area contributed by atoms with Gasteiger partial charge in [-0.15, -0.1) is 0 Å². The SMILES string of the molecule is C[NH+](C)C[C@H](O)COc1c(Cl)cc(Cl)cc1Cl. The Bertz CT molecular complexity index is 362. The lowest BCUT2D eigenvalue weighted by atomic mass is 10.3. The minimum atomic E-state index is -0.567. The van der Waals surface area contributed by atoms with Gasteiger partial charge in [-0.05, 0) is 12.1 Å². The van der Waals surface area contributed by atoms with Crippen LogP contribution in [0.1, 0.15) is 0 Å². The number of hydrogen-bond acceptors (Lipinski definition) is 2. The van der Waals surface area contributed by atoms with Crippen LogP contribution in [0.4, 0.5) is 0 Å². The molecule has 1 rings (SSSR count). The van der Waals surface area contributed by atoms with Gasteiger partial charge in [0.05, 0.1) is 24.1 Å². The van der Waals surface area contributed by atoms with Gasteiger partial charge >= 0.3 is 0 Å². The summed E-state index contributed by atoms with van der Waals surface area (Å²) in [6, 6.07) is 3.10. The molecule has 0 aliphatic heterocycles. The predicted molar refractivity (Wildman–Crippen MR) is 70.7 cm³/mol. The molecular formula is C11H15Cl3NO2+. The van der Waals surface area contributed by atoms with E-state index in [2.05, 4.69) is 0 Å². The average molecular weight is 300 g/mol. The molecule has 0 bridgehead atoms. The zero-order valence-electron chi connectivity index (χ0n) is 9.64. The minimum absolute atomic E-state index is 0.145. The van der Waals surface area contributed by atoms with Crippen LogP contribution in [0.3, 0.4) is 0 Å². The van der Waals surface area contributed by atoms with E-state index in [0.29, 0.717) is 27.4 Å². The molecule has 0 heterocycles. The number of hydrogen-bond donors (Lipinski definition) is 2. The first-order valence-corrected chi connectivity index (χ1v) is 6.28. The lowest BCUT2D eigenvalue weighted by molar-refractivity contribution is -0.861. The third kappa shape index (κ3) is 4.90. The van der Waals surface area contributed by atoms with Crippen molar-refractivity contribution in [3.8, 4) is 5.75 Å². The zero-order valence-corrected chi connectivity index (χ0v) is 11.9. The lowest BCUT2D eigenvalue weighted by Crippen LogP contribution is -3.07. The van der Waals surface area contributed by atoms with E-state index in [1.807, 2.05) is 14.1 Å².